The molecule has 7 N–H and O–H groups in total. The third-order valence-electron chi connectivity index (χ3n) is 14.4. The van der Waals surface area contributed by atoms with Crippen LogP contribution in [0.25, 0.3) is 0 Å². The summed E-state index contributed by atoms with van der Waals surface area (Å²) in [4.78, 5) is 108. The number of piperazine rings is 1. The van der Waals surface area contributed by atoms with E-state index in [1.807, 2.05) is 54.6 Å². The number of benzene rings is 3. The predicted molar refractivity (Wildman–Crippen MR) is 290 cm³/mol. The highest BCUT2D eigenvalue weighted by atomic mass is 32.2. The number of nitrogens with zero attached hydrogens (tertiary/aromatic N) is 5. The van der Waals surface area contributed by atoms with Gasteiger partial charge >= 0.3 is 0 Å². The number of likely N-dealkylation sites (N-methyl/N-ethyl adjacent to an activating group) is 1. The van der Waals surface area contributed by atoms with Gasteiger partial charge < -0.3 is 56.7 Å². The monoisotopic (exact) mass is 1050 g/mol. The molecule has 7 amide bonds. The van der Waals surface area contributed by atoms with Gasteiger partial charge in [0, 0.05) is 79.4 Å². The number of amides is 7. The molecule has 0 aromatic heterocycles. The van der Waals surface area contributed by atoms with Crippen molar-refractivity contribution in [1.82, 2.24) is 41.3 Å². The van der Waals surface area contributed by atoms with Crippen LogP contribution in [0.2, 0.25) is 0 Å². The maximum atomic E-state index is 14.3. The third-order valence-corrected chi connectivity index (χ3v) is 15.5. The van der Waals surface area contributed by atoms with Gasteiger partial charge in [-0.3, -0.25) is 38.5 Å². The molecule has 406 valence electrons. The second-order valence-corrected chi connectivity index (χ2v) is 21.2. The van der Waals surface area contributed by atoms with Gasteiger partial charge in [-0.05, 0) is 113 Å². The second kappa shape index (κ2) is 28.0. The van der Waals surface area contributed by atoms with Crippen LogP contribution in [0, 0.1) is 0 Å². The number of anilines is 2. The van der Waals surface area contributed by atoms with Crippen molar-refractivity contribution in [1.29, 1.82) is 0 Å². The smallest absolute Gasteiger partial charge is 0.261 e. The number of ether oxygens (including phenoxy) is 1. The van der Waals surface area contributed by atoms with Crippen LogP contribution in [0.5, 0.6) is 5.75 Å². The summed E-state index contributed by atoms with van der Waals surface area (Å²) < 4.78 is 5.99. The van der Waals surface area contributed by atoms with Gasteiger partial charge in [-0.15, -0.1) is 11.8 Å². The first-order chi connectivity index (χ1) is 36.3. The zero-order valence-electron chi connectivity index (χ0n) is 43.8. The Morgan fingerprint density at radius 2 is 1.39 bits per heavy atom. The molecule has 4 fully saturated rings. The summed E-state index contributed by atoms with van der Waals surface area (Å²) in [5, 5.41) is 14.1. The Bertz CT molecular complexity index is 2390. The Kier molecular flexibility index (Phi) is 21.0. The van der Waals surface area contributed by atoms with E-state index in [9.17, 15) is 33.6 Å². The summed E-state index contributed by atoms with van der Waals surface area (Å²) >= 11 is 1.34. The SMILES string of the molecule is CCCCCCCCOc1ccc(N2CCN(c3ccc(C(=O)NC4CCCNC(=O)C5CC(N)CN5C(=O)C(N(C)C)NC(=O)C(CSc5ccccc5)NC(=O)C5CCCN5C(=O)CNC4=O)cc3)CC2)cc1. The Morgan fingerprint density at radius 3 is 2.07 bits per heavy atom. The lowest BCUT2D eigenvalue weighted by molar-refractivity contribution is -0.145. The highest BCUT2D eigenvalue weighted by Gasteiger charge is 2.43. The summed E-state index contributed by atoms with van der Waals surface area (Å²) in [5.74, 6) is -2.78. The number of rotatable bonds is 16. The first kappa shape index (κ1) is 56.3. The highest BCUT2D eigenvalue weighted by Crippen LogP contribution is 2.26. The van der Waals surface area contributed by atoms with E-state index in [0.717, 1.165) is 61.2 Å². The topological polar surface area (TPSA) is 231 Å². The Balaban J connectivity index is 0.993. The highest BCUT2D eigenvalue weighted by molar-refractivity contribution is 7.99. The molecule has 0 aliphatic carbocycles. The lowest BCUT2D eigenvalue weighted by Gasteiger charge is -2.37. The molecule has 4 aliphatic rings. The van der Waals surface area contributed by atoms with E-state index in [1.54, 1.807) is 26.2 Å². The molecule has 75 heavy (non-hydrogen) atoms. The van der Waals surface area contributed by atoms with Gasteiger partial charge in [0.05, 0.1) is 13.2 Å². The third kappa shape index (κ3) is 15.8. The fourth-order valence-corrected chi connectivity index (χ4v) is 11.0. The van der Waals surface area contributed by atoms with Gasteiger partial charge in [0.15, 0.2) is 6.17 Å². The van der Waals surface area contributed by atoms with E-state index in [1.165, 1.54) is 58.6 Å². The van der Waals surface area contributed by atoms with Gasteiger partial charge in [0.2, 0.25) is 29.5 Å². The van der Waals surface area contributed by atoms with Gasteiger partial charge in [-0.25, -0.2) is 0 Å². The quantitative estimate of drug-likeness (QED) is 0.0897. The molecule has 4 saturated heterocycles. The molecule has 3 aromatic rings. The van der Waals surface area contributed by atoms with Crippen LogP contribution in [0.3, 0.4) is 0 Å². The molecule has 6 unspecified atom stereocenters. The van der Waals surface area contributed by atoms with Crippen LogP contribution in [0.1, 0.15) is 87.9 Å². The molecule has 19 nitrogen and oxygen atoms in total. The van der Waals surface area contributed by atoms with Crippen LogP contribution < -0.4 is 46.9 Å². The second-order valence-electron chi connectivity index (χ2n) is 20.1. The van der Waals surface area contributed by atoms with Crippen molar-refractivity contribution >= 4 is 64.5 Å². The lowest BCUT2D eigenvalue weighted by atomic mass is 10.1. The minimum absolute atomic E-state index is 0.0729. The number of unbranched alkanes of at least 4 members (excludes halogenated alkanes) is 5. The van der Waals surface area contributed by atoms with Crippen LogP contribution >= 0.6 is 11.8 Å². The van der Waals surface area contributed by atoms with Crippen molar-refractivity contribution in [2.24, 2.45) is 5.73 Å². The molecular weight excluding hydrogens is 975 g/mol. The summed E-state index contributed by atoms with van der Waals surface area (Å²) in [6.07, 6.45) is 7.53. The van der Waals surface area contributed by atoms with Gasteiger partial charge in [-0.1, -0.05) is 57.2 Å². The van der Waals surface area contributed by atoms with E-state index < -0.39 is 84.3 Å². The van der Waals surface area contributed by atoms with E-state index in [-0.39, 0.29) is 44.6 Å². The number of thioether (sulfide) groups is 1. The minimum Gasteiger partial charge on any atom is -0.494 e. The average Bonchev–Trinajstić information content (AvgIpc) is 4.09. The summed E-state index contributed by atoms with van der Waals surface area (Å²) in [6, 6.07) is 20.3. The molecule has 4 aliphatic heterocycles. The molecule has 6 atom stereocenters. The lowest BCUT2D eigenvalue weighted by Crippen LogP contribution is -2.62. The molecule has 20 heteroatoms. The number of carbonyl (C=O) groups is 7. The Hall–Kier alpha value is -6.38. The number of nitrogens with one attached hydrogen (secondary N) is 5. The largest absolute Gasteiger partial charge is 0.494 e. The van der Waals surface area contributed by atoms with Crippen LogP contribution in [-0.4, -0.2) is 171 Å². The number of nitrogens with two attached hydrogens (primary N) is 1. The molecule has 7 rings (SSSR count). The van der Waals surface area contributed by atoms with E-state index in [2.05, 4.69) is 55.4 Å². The van der Waals surface area contributed by atoms with Crippen LogP contribution in [0.4, 0.5) is 11.4 Å². The molecule has 0 radical (unpaired) electrons. The summed E-state index contributed by atoms with van der Waals surface area (Å²) in [5.41, 5.74) is 8.80. The fourth-order valence-electron chi connectivity index (χ4n) is 10.1. The zero-order valence-corrected chi connectivity index (χ0v) is 44.6. The van der Waals surface area contributed by atoms with Crippen LogP contribution in [-0.2, 0) is 28.8 Å². The van der Waals surface area contributed by atoms with E-state index in [4.69, 9.17) is 10.5 Å². The molecule has 4 heterocycles. The van der Waals surface area contributed by atoms with E-state index in [0.29, 0.717) is 18.4 Å². The number of hydrogen-bond donors (Lipinski definition) is 6. The van der Waals surface area contributed by atoms with Gasteiger partial charge in [0.25, 0.3) is 11.8 Å². The Morgan fingerprint density at radius 1 is 0.720 bits per heavy atom. The Labute approximate surface area is 445 Å². The maximum Gasteiger partial charge on any atom is 0.261 e. The average molecular weight is 1050 g/mol. The predicted octanol–water partition coefficient (Wildman–Crippen LogP) is 3.08. The first-order valence-corrected chi connectivity index (χ1v) is 27.8. The van der Waals surface area contributed by atoms with Crippen molar-refractivity contribution in [2.75, 3.05) is 88.6 Å². The summed E-state index contributed by atoms with van der Waals surface area (Å²) in [7, 11) is 3.25. The van der Waals surface area contributed by atoms with Gasteiger partial charge in [0.1, 0.15) is 29.9 Å². The first-order valence-electron chi connectivity index (χ1n) is 26.8. The minimum atomic E-state index is -1.21. The number of fused-ring (bicyclic) bond motifs is 2. The van der Waals surface area contributed by atoms with Crippen molar-refractivity contribution in [3.63, 3.8) is 0 Å². The zero-order chi connectivity index (χ0) is 53.3. The molecule has 0 bridgehead atoms. The van der Waals surface area contributed by atoms with Gasteiger partial charge in [-0.2, -0.15) is 0 Å². The number of hydrogen-bond acceptors (Lipinski definition) is 13. The van der Waals surface area contributed by atoms with E-state index >= 15 is 0 Å². The molecule has 0 spiro atoms. The van der Waals surface area contributed by atoms with Crippen molar-refractivity contribution in [2.45, 2.75) is 119 Å². The molecule has 3 aromatic carbocycles. The standard InChI is InChI=1S/C55H77N11O8S/c1-4-5-6-7-8-12-33-74-42-25-23-41(24-26-42)64-31-29-63(30-32-64)40-21-19-38(20-22-40)50(68)59-44-17-13-27-57-53(71)47-34-39(56)36-66(47)55(73)49(62(2)3)61-52(70)45(37-75-43-15-10-9-11-16-43)60-54(72)46-18-14-28-65(46)48(67)35-58-51(44)69/h9-11,15-16,19-26,39,44-47,49H,4-8,12-14,17-18,27-37,56H2,1-3H3,(H,57,71)(H,58,69)(H,59,68)(H,60,72)(H,61,70). The van der Waals surface area contributed by atoms with Crippen molar-refractivity contribution in [3.8, 4) is 5.75 Å². The van der Waals surface area contributed by atoms with Crippen molar-refractivity contribution < 1.29 is 38.3 Å². The number of carbonyl (C=O) groups excluding carboxylic acids is 7. The van der Waals surface area contributed by atoms with Crippen LogP contribution in [0.15, 0.2) is 83.8 Å². The normalized spacial score (nSPS) is 23.6. The molecular formula is C55H77N11O8S. The van der Waals surface area contributed by atoms with Crippen molar-refractivity contribution in [3.05, 3.63) is 84.4 Å². The summed E-state index contributed by atoms with van der Waals surface area (Å²) in [6.45, 7) is 6.16. The maximum absolute atomic E-state index is 14.3. The molecule has 0 saturated carbocycles. The fraction of sp³-hybridized carbons (Fsp3) is 0.545.